The topological polar surface area (TPSA) is 58.6 Å². The highest BCUT2D eigenvalue weighted by molar-refractivity contribution is 5.93. The van der Waals surface area contributed by atoms with Gasteiger partial charge in [-0.25, -0.2) is 14.5 Å². The van der Waals surface area contributed by atoms with Crippen molar-refractivity contribution < 1.29 is 14.3 Å². The molecule has 2 aliphatic rings. The molecule has 1 aliphatic heterocycles. The van der Waals surface area contributed by atoms with Crippen molar-refractivity contribution in [1.29, 1.82) is 0 Å². The van der Waals surface area contributed by atoms with E-state index in [1.165, 1.54) is 11.3 Å². The molecule has 1 heterocycles. The van der Waals surface area contributed by atoms with E-state index in [1.807, 2.05) is 38.1 Å². The number of carbonyl (C=O) groups excluding carboxylic acids is 2. The molecule has 1 saturated heterocycles. The van der Waals surface area contributed by atoms with Crippen molar-refractivity contribution in [2.45, 2.75) is 64.6 Å². The number of amides is 3. The van der Waals surface area contributed by atoms with Crippen LogP contribution in [0.25, 0.3) is 0 Å². The van der Waals surface area contributed by atoms with Gasteiger partial charge in [-0.2, -0.15) is 0 Å². The Morgan fingerprint density at radius 1 is 1.17 bits per heavy atom. The van der Waals surface area contributed by atoms with Crippen LogP contribution in [-0.2, 0) is 4.74 Å². The van der Waals surface area contributed by atoms with E-state index in [4.69, 9.17) is 4.74 Å². The minimum Gasteiger partial charge on any atom is -0.439 e. The molecule has 0 bridgehead atoms. The largest absolute Gasteiger partial charge is 0.439 e. The fourth-order valence-electron chi connectivity index (χ4n) is 3.69. The first kappa shape index (κ1) is 16.8. The number of rotatable bonds is 2. The molecule has 2 fully saturated rings. The molecule has 130 valence electrons. The predicted octanol–water partition coefficient (Wildman–Crippen LogP) is 4.17. The van der Waals surface area contributed by atoms with Crippen LogP contribution in [0, 0.1) is 12.8 Å². The van der Waals surface area contributed by atoms with E-state index in [0.717, 1.165) is 30.4 Å². The molecule has 1 aromatic carbocycles. The minimum atomic E-state index is -0.561. The third-order valence-electron chi connectivity index (χ3n) is 5.31. The lowest BCUT2D eigenvalue weighted by Crippen LogP contribution is -2.50. The average Bonchev–Trinajstić information content (AvgIpc) is 2.85. The first-order valence-electron chi connectivity index (χ1n) is 8.84. The highest BCUT2D eigenvalue weighted by atomic mass is 16.6. The molecular formula is C19H26N2O3. The molecule has 0 spiro atoms. The summed E-state index contributed by atoms with van der Waals surface area (Å²) in [5.41, 5.74) is 2.07. The molecule has 2 unspecified atom stereocenters. The Morgan fingerprint density at radius 3 is 2.50 bits per heavy atom. The van der Waals surface area contributed by atoms with Gasteiger partial charge in [-0.1, -0.05) is 49.6 Å². The van der Waals surface area contributed by atoms with Gasteiger partial charge >= 0.3 is 12.1 Å². The average molecular weight is 330 g/mol. The van der Waals surface area contributed by atoms with E-state index in [0.29, 0.717) is 5.92 Å². The van der Waals surface area contributed by atoms with Crippen LogP contribution in [0.15, 0.2) is 24.3 Å². The van der Waals surface area contributed by atoms with Crippen molar-refractivity contribution in [2.75, 3.05) is 0 Å². The van der Waals surface area contributed by atoms with E-state index in [9.17, 15) is 9.59 Å². The van der Waals surface area contributed by atoms with Crippen molar-refractivity contribution in [1.82, 2.24) is 10.2 Å². The van der Waals surface area contributed by atoms with Crippen molar-refractivity contribution in [3.63, 3.8) is 0 Å². The van der Waals surface area contributed by atoms with Gasteiger partial charge in [0.15, 0.2) is 0 Å². The summed E-state index contributed by atoms with van der Waals surface area (Å²) < 4.78 is 5.48. The van der Waals surface area contributed by atoms with E-state index in [2.05, 4.69) is 12.2 Å². The van der Waals surface area contributed by atoms with Crippen molar-refractivity contribution in [3.8, 4) is 0 Å². The lowest BCUT2D eigenvalue weighted by atomic mass is 9.86. The second-order valence-electron chi connectivity index (χ2n) is 7.14. The first-order chi connectivity index (χ1) is 11.5. The van der Waals surface area contributed by atoms with Crippen LogP contribution in [0.4, 0.5) is 9.59 Å². The predicted molar refractivity (Wildman–Crippen MR) is 91.7 cm³/mol. The summed E-state index contributed by atoms with van der Waals surface area (Å²) in [6, 6.07) is 7.37. The highest BCUT2D eigenvalue weighted by Crippen LogP contribution is 2.33. The quantitative estimate of drug-likeness (QED) is 0.885. The molecule has 1 saturated carbocycles. The van der Waals surface area contributed by atoms with Gasteiger partial charge in [0.05, 0.1) is 6.04 Å². The van der Waals surface area contributed by atoms with E-state index in [1.54, 1.807) is 0 Å². The zero-order valence-electron chi connectivity index (χ0n) is 14.6. The third-order valence-corrected chi connectivity index (χ3v) is 5.31. The van der Waals surface area contributed by atoms with Gasteiger partial charge in [0, 0.05) is 6.04 Å². The molecule has 3 amide bonds. The number of nitrogens with zero attached hydrogens (tertiary/aromatic N) is 1. The Morgan fingerprint density at radius 2 is 1.83 bits per heavy atom. The normalized spacial score (nSPS) is 30.1. The van der Waals surface area contributed by atoms with Gasteiger partial charge in [0.2, 0.25) is 0 Å². The van der Waals surface area contributed by atoms with Gasteiger partial charge in [-0.05, 0) is 38.2 Å². The maximum Gasteiger partial charge on any atom is 0.419 e. The number of imide groups is 1. The van der Waals surface area contributed by atoms with Crippen molar-refractivity contribution in [3.05, 3.63) is 35.4 Å². The highest BCUT2D eigenvalue weighted by Gasteiger charge is 2.44. The van der Waals surface area contributed by atoms with Crippen LogP contribution in [-0.4, -0.2) is 29.1 Å². The van der Waals surface area contributed by atoms with Crippen molar-refractivity contribution in [2.24, 2.45) is 5.92 Å². The van der Waals surface area contributed by atoms with Gasteiger partial charge in [-0.3, -0.25) is 0 Å². The van der Waals surface area contributed by atoms with Crippen LogP contribution in [0.1, 0.15) is 56.8 Å². The fraction of sp³-hybridized carbons (Fsp3) is 0.579. The molecule has 5 nitrogen and oxygen atoms in total. The number of hydrogen-bond donors (Lipinski definition) is 1. The SMILES string of the molecule is Cc1ccc([C@H]2OC(=O)N(C(=O)NC3CCCCC3C)[C@@H]2C)cc1. The zero-order valence-corrected chi connectivity index (χ0v) is 14.6. The van der Waals surface area contributed by atoms with Crippen LogP contribution >= 0.6 is 0 Å². The molecule has 1 aromatic rings. The Hall–Kier alpha value is -2.04. The molecule has 1 N–H and O–H groups in total. The molecule has 24 heavy (non-hydrogen) atoms. The Balaban J connectivity index is 1.70. The molecule has 4 atom stereocenters. The number of benzene rings is 1. The summed E-state index contributed by atoms with van der Waals surface area (Å²) >= 11 is 0. The number of cyclic esters (lactones) is 1. The Kier molecular flexibility index (Phi) is 4.78. The smallest absolute Gasteiger partial charge is 0.419 e. The van der Waals surface area contributed by atoms with Crippen LogP contribution in [0.3, 0.4) is 0 Å². The number of urea groups is 1. The summed E-state index contributed by atoms with van der Waals surface area (Å²) in [5.74, 6) is 0.449. The molecule has 1 aliphatic carbocycles. The number of aryl methyl sites for hydroxylation is 1. The van der Waals surface area contributed by atoms with Gasteiger partial charge < -0.3 is 10.1 Å². The van der Waals surface area contributed by atoms with E-state index < -0.39 is 12.2 Å². The maximum absolute atomic E-state index is 12.6. The Bertz CT molecular complexity index is 614. The van der Waals surface area contributed by atoms with Gasteiger partial charge in [0.1, 0.15) is 6.10 Å². The summed E-state index contributed by atoms with van der Waals surface area (Å²) in [7, 11) is 0. The minimum absolute atomic E-state index is 0.143. The second kappa shape index (κ2) is 6.83. The van der Waals surface area contributed by atoms with Crippen LogP contribution in [0.2, 0.25) is 0 Å². The molecular weight excluding hydrogens is 304 g/mol. The standard InChI is InChI=1S/C19H26N2O3/c1-12-8-10-15(11-9-12)17-14(3)21(19(23)24-17)18(22)20-16-7-5-4-6-13(16)2/h8-11,13-14,16-17H,4-7H2,1-3H3,(H,20,22)/t13?,14-,16?,17+/m1/s1. The Labute approximate surface area is 143 Å². The summed E-state index contributed by atoms with van der Waals surface area (Å²) in [4.78, 5) is 26.1. The lowest BCUT2D eigenvalue weighted by molar-refractivity contribution is 0.131. The van der Waals surface area contributed by atoms with Gasteiger partial charge in [-0.15, -0.1) is 0 Å². The second-order valence-corrected chi connectivity index (χ2v) is 7.14. The first-order valence-corrected chi connectivity index (χ1v) is 8.84. The van der Waals surface area contributed by atoms with Gasteiger partial charge in [0.25, 0.3) is 0 Å². The monoisotopic (exact) mass is 330 g/mol. The van der Waals surface area contributed by atoms with E-state index in [-0.39, 0.29) is 18.1 Å². The van der Waals surface area contributed by atoms with Crippen LogP contribution in [0.5, 0.6) is 0 Å². The molecule has 0 radical (unpaired) electrons. The molecule has 5 heteroatoms. The summed E-state index contributed by atoms with van der Waals surface area (Å²) in [6.45, 7) is 6.03. The van der Waals surface area contributed by atoms with Crippen molar-refractivity contribution >= 4 is 12.1 Å². The molecule has 0 aromatic heterocycles. The fourth-order valence-corrected chi connectivity index (χ4v) is 3.69. The summed E-state index contributed by atoms with van der Waals surface area (Å²) in [5, 5.41) is 3.04. The number of carbonyl (C=O) groups is 2. The lowest BCUT2D eigenvalue weighted by Gasteiger charge is -2.31. The zero-order chi connectivity index (χ0) is 17.3. The summed E-state index contributed by atoms with van der Waals surface area (Å²) in [6.07, 6.45) is 3.47. The van der Waals surface area contributed by atoms with E-state index >= 15 is 0 Å². The third kappa shape index (κ3) is 3.25. The number of ether oxygens (including phenoxy) is 1. The van der Waals surface area contributed by atoms with Crippen LogP contribution < -0.4 is 5.32 Å². The number of nitrogens with one attached hydrogen (secondary N) is 1. The maximum atomic E-state index is 12.6. The number of hydrogen-bond acceptors (Lipinski definition) is 3. The molecule has 3 rings (SSSR count).